The van der Waals surface area contributed by atoms with Crippen LogP contribution in [0.1, 0.15) is 47.8 Å². The first-order valence-corrected chi connectivity index (χ1v) is 10.8. The molecule has 5 heteroatoms. The number of imidazole rings is 1. The molecule has 1 amide bonds. The quantitative estimate of drug-likeness (QED) is 0.667. The van der Waals surface area contributed by atoms with E-state index >= 15 is 0 Å². The van der Waals surface area contributed by atoms with E-state index in [0.29, 0.717) is 6.42 Å². The molecule has 0 saturated carbocycles. The highest BCUT2D eigenvalue weighted by Crippen LogP contribution is 2.31. The molecule has 2 aromatic carbocycles. The van der Waals surface area contributed by atoms with Crippen LogP contribution in [0.25, 0.3) is 11.3 Å². The summed E-state index contributed by atoms with van der Waals surface area (Å²) < 4.78 is 0. The Bertz CT molecular complexity index is 991. The number of nitrogens with one attached hydrogen (secondary N) is 1. The molecule has 30 heavy (non-hydrogen) atoms. The van der Waals surface area contributed by atoms with Crippen molar-refractivity contribution in [3.05, 3.63) is 77.2 Å². The zero-order chi connectivity index (χ0) is 21.1. The topological polar surface area (TPSA) is 75.0 Å². The highest BCUT2D eigenvalue weighted by Gasteiger charge is 2.33. The second-order valence-electron chi connectivity index (χ2n) is 8.27. The van der Waals surface area contributed by atoms with E-state index in [-0.39, 0.29) is 11.9 Å². The van der Waals surface area contributed by atoms with E-state index in [1.54, 1.807) is 0 Å². The van der Waals surface area contributed by atoms with Gasteiger partial charge in [-0.3, -0.25) is 4.79 Å². The third kappa shape index (κ3) is 4.17. The molecule has 3 aromatic rings. The number of rotatable bonds is 5. The van der Waals surface area contributed by atoms with Crippen LogP contribution in [0.3, 0.4) is 0 Å². The minimum absolute atomic E-state index is 0.0139. The lowest BCUT2D eigenvalue weighted by Gasteiger charge is -2.36. The Morgan fingerprint density at radius 3 is 2.60 bits per heavy atom. The van der Waals surface area contributed by atoms with Gasteiger partial charge in [0.15, 0.2) is 0 Å². The summed E-state index contributed by atoms with van der Waals surface area (Å²) in [6.07, 6.45) is 5.42. The van der Waals surface area contributed by atoms with Crippen LogP contribution >= 0.6 is 0 Å². The standard InChI is InChI=1S/C25H30N4O/c1-17-9-8-10-18(2)20(17)15-21(26)25(30)29-14-7-6-13-23(29)24-27-16-22(28-24)19-11-4-3-5-12-19/h3-5,8-12,16,21,23H,6-7,13-15,26H2,1-2H3,(H,27,28). The summed E-state index contributed by atoms with van der Waals surface area (Å²) in [4.78, 5) is 23.4. The fourth-order valence-electron chi connectivity index (χ4n) is 4.44. The number of carbonyl (C=O) groups is 1. The number of nitrogens with zero attached hydrogens (tertiary/aromatic N) is 2. The van der Waals surface area contributed by atoms with E-state index in [1.165, 1.54) is 16.7 Å². The zero-order valence-corrected chi connectivity index (χ0v) is 17.8. The third-order valence-corrected chi connectivity index (χ3v) is 6.17. The summed E-state index contributed by atoms with van der Waals surface area (Å²) >= 11 is 0. The maximum absolute atomic E-state index is 13.3. The highest BCUT2D eigenvalue weighted by atomic mass is 16.2. The number of benzene rings is 2. The lowest BCUT2D eigenvalue weighted by molar-refractivity contribution is -0.136. The van der Waals surface area contributed by atoms with E-state index in [4.69, 9.17) is 5.73 Å². The van der Waals surface area contributed by atoms with Crippen molar-refractivity contribution < 1.29 is 4.79 Å². The van der Waals surface area contributed by atoms with E-state index < -0.39 is 6.04 Å². The number of amides is 1. The average Bonchev–Trinajstić information content (AvgIpc) is 3.26. The van der Waals surface area contributed by atoms with Gasteiger partial charge in [0.25, 0.3) is 0 Å². The number of aromatic amines is 1. The van der Waals surface area contributed by atoms with Gasteiger partial charge in [0.05, 0.1) is 24.0 Å². The summed E-state index contributed by atoms with van der Waals surface area (Å²) in [5.41, 5.74) is 12.1. The van der Waals surface area contributed by atoms with Gasteiger partial charge in [-0.2, -0.15) is 0 Å². The van der Waals surface area contributed by atoms with E-state index in [0.717, 1.165) is 42.9 Å². The highest BCUT2D eigenvalue weighted by molar-refractivity contribution is 5.82. The largest absolute Gasteiger partial charge is 0.340 e. The predicted octanol–water partition coefficient (Wildman–Crippen LogP) is 4.32. The number of piperidine rings is 1. The number of aromatic nitrogens is 2. The number of aryl methyl sites for hydroxylation is 2. The van der Waals surface area contributed by atoms with Crippen molar-refractivity contribution in [3.8, 4) is 11.3 Å². The zero-order valence-electron chi connectivity index (χ0n) is 17.8. The van der Waals surface area contributed by atoms with Gasteiger partial charge in [0.2, 0.25) is 5.91 Å². The molecular formula is C25H30N4O. The van der Waals surface area contributed by atoms with Crippen molar-refractivity contribution in [1.29, 1.82) is 0 Å². The Balaban J connectivity index is 1.53. The molecule has 4 rings (SSSR count). The Kier molecular flexibility index (Phi) is 6.00. The Morgan fingerprint density at radius 2 is 1.87 bits per heavy atom. The van der Waals surface area contributed by atoms with Gasteiger partial charge in [-0.25, -0.2) is 4.98 Å². The average molecular weight is 403 g/mol. The summed E-state index contributed by atoms with van der Waals surface area (Å²) in [5.74, 6) is 0.862. The van der Waals surface area contributed by atoms with Crippen molar-refractivity contribution in [2.24, 2.45) is 5.73 Å². The molecule has 1 aliphatic heterocycles. The fourth-order valence-corrected chi connectivity index (χ4v) is 4.44. The van der Waals surface area contributed by atoms with Crippen LogP contribution in [0, 0.1) is 13.8 Å². The monoisotopic (exact) mass is 402 g/mol. The van der Waals surface area contributed by atoms with Gasteiger partial charge < -0.3 is 15.6 Å². The third-order valence-electron chi connectivity index (χ3n) is 6.17. The minimum Gasteiger partial charge on any atom is -0.340 e. The maximum Gasteiger partial charge on any atom is 0.240 e. The van der Waals surface area contributed by atoms with Crippen LogP contribution in [0.2, 0.25) is 0 Å². The van der Waals surface area contributed by atoms with Crippen LogP contribution < -0.4 is 5.73 Å². The number of hydrogen-bond acceptors (Lipinski definition) is 3. The molecule has 3 N–H and O–H groups in total. The second-order valence-corrected chi connectivity index (χ2v) is 8.27. The fraction of sp³-hybridized carbons (Fsp3) is 0.360. The lowest BCUT2D eigenvalue weighted by atomic mass is 9.94. The van der Waals surface area contributed by atoms with Crippen molar-refractivity contribution in [3.63, 3.8) is 0 Å². The van der Waals surface area contributed by atoms with Crippen LogP contribution in [0.4, 0.5) is 0 Å². The summed E-state index contributed by atoms with van der Waals surface area (Å²) in [5, 5.41) is 0. The lowest BCUT2D eigenvalue weighted by Crippen LogP contribution is -2.48. The summed E-state index contributed by atoms with van der Waals surface area (Å²) in [7, 11) is 0. The Morgan fingerprint density at radius 1 is 1.13 bits per heavy atom. The molecule has 1 fully saturated rings. The minimum atomic E-state index is -0.547. The number of H-pyrrole nitrogens is 1. The number of nitrogens with two attached hydrogens (primary N) is 1. The van der Waals surface area contributed by atoms with Crippen LogP contribution in [0.15, 0.2) is 54.7 Å². The first-order valence-electron chi connectivity index (χ1n) is 10.8. The molecule has 0 radical (unpaired) electrons. The van der Waals surface area contributed by atoms with Gasteiger partial charge in [0, 0.05) is 6.54 Å². The Labute approximate surface area is 178 Å². The van der Waals surface area contributed by atoms with Gasteiger partial charge in [-0.1, -0.05) is 48.5 Å². The number of carbonyl (C=O) groups excluding carboxylic acids is 1. The Hall–Kier alpha value is -2.92. The predicted molar refractivity (Wildman–Crippen MR) is 120 cm³/mol. The summed E-state index contributed by atoms with van der Waals surface area (Å²) in [6, 6.07) is 15.8. The normalized spacial score (nSPS) is 17.7. The van der Waals surface area contributed by atoms with E-state index in [9.17, 15) is 4.79 Å². The molecule has 1 saturated heterocycles. The smallest absolute Gasteiger partial charge is 0.240 e. The van der Waals surface area contributed by atoms with Crippen molar-refractivity contribution in [2.75, 3.05) is 6.54 Å². The van der Waals surface area contributed by atoms with Gasteiger partial charge in [-0.05, 0) is 61.8 Å². The maximum atomic E-state index is 13.3. The van der Waals surface area contributed by atoms with Crippen molar-refractivity contribution >= 4 is 5.91 Å². The summed E-state index contributed by atoms with van der Waals surface area (Å²) in [6.45, 7) is 4.89. The molecular weight excluding hydrogens is 372 g/mol. The molecule has 2 atom stereocenters. The molecule has 0 aliphatic carbocycles. The van der Waals surface area contributed by atoms with Gasteiger partial charge in [0.1, 0.15) is 5.82 Å². The van der Waals surface area contributed by atoms with E-state index in [1.807, 2.05) is 35.4 Å². The van der Waals surface area contributed by atoms with Crippen molar-refractivity contribution in [1.82, 2.24) is 14.9 Å². The van der Waals surface area contributed by atoms with Crippen LogP contribution in [-0.4, -0.2) is 33.4 Å². The molecule has 1 aliphatic rings. The molecule has 2 unspecified atom stereocenters. The molecule has 0 bridgehead atoms. The molecule has 156 valence electrons. The van der Waals surface area contributed by atoms with Gasteiger partial charge >= 0.3 is 0 Å². The first kappa shape index (κ1) is 20.4. The van der Waals surface area contributed by atoms with Crippen LogP contribution in [-0.2, 0) is 11.2 Å². The molecule has 5 nitrogen and oxygen atoms in total. The van der Waals surface area contributed by atoms with Gasteiger partial charge in [-0.15, -0.1) is 0 Å². The second kappa shape index (κ2) is 8.84. The van der Waals surface area contributed by atoms with Crippen molar-refractivity contribution in [2.45, 2.75) is 51.6 Å². The molecule has 1 aromatic heterocycles. The van der Waals surface area contributed by atoms with Crippen LogP contribution in [0.5, 0.6) is 0 Å². The SMILES string of the molecule is Cc1cccc(C)c1CC(N)C(=O)N1CCCCC1c1ncc(-c2ccccc2)[nH]1. The number of likely N-dealkylation sites (tertiary alicyclic amines) is 1. The number of hydrogen-bond donors (Lipinski definition) is 2. The first-order chi connectivity index (χ1) is 14.5. The molecule has 0 spiro atoms. The van der Waals surface area contributed by atoms with E-state index in [2.05, 4.69) is 48.1 Å². The molecule has 2 heterocycles.